The molecule has 0 radical (unpaired) electrons. The quantitative estimate of drug-likeness (QED) is 0.579. The lowest BCUT2D eigenvalue weighted by Crippen LogP contribution is -1.87. The van der Waals surface area contributed by atoms with Gasteiger partial charge in [-0.05, 0) is 22.9 Å². The van der Waals surface area contributed by atoms with E-state index in [0.29, 0.717) is 18.3 Å². The molecule has 0 atom stereocenters. The summed E-state index contributed by atoms with van der Waals surface area (Å²) in [5.74, 6) is 1.24. The number of rotatable bonds is 4. The average Bonchev–Trinajstić information content (AvgIpc) is 3.38. The number of nitrogens with zero attached hydrogens (tertiary/aromatic N) is 6. The van der Waals surface area contributed by atoms with Gasteiger partial charge in [0.2, 0.25) is 11.6 Å². The Labute approximate surface area is 149 Å². The van der Waals surface area contributed by atoms with Crippen LogP contribution in [0.1, 0.15) is 11.1 Å². The number of aromatic amines is 2. The van der Waals surface area contributed by atoms with Gasteiger partial charge in [-0.2, -0.15) is 10.4 Å². The van der Waals surface area contributed by atoms with Gasteiger partial charge in [-0.1, -0.05) is 54.1 Å². The zero-order valence-corrected chi connectivity index (χ0v) is 14.4. The molecule has 4 aromatic rings. The fourth-order valence-electron chi connectivity index (χ4n) is 2.19. The Morgan fingerprint density at radius 1 is 0.769 bits per heavy atom. The van der Waals surface area contributed by atoms with Gasteiger partial charge in [0.05, 0.1) is 6.61 Å². The molecule has 2 heterocycles. The van der Waals surface area contributed by atoms with Gasteiger partial charge >= 0.3 is 0 Å². The maximum atomic E-state index is 5.01. The summed E-state index contributed by atoms with van der Waals surface area (Å²) < 4.78 is 5.01. The van der Waals surface area contributed by atoms with E-state index >= 15 is 0 Å². The molecule has 0 fully saturated rings. The lowest BCUT2D eigenvalue weighted by Gasteiger charge is -1.99. The average molecular weight is 350 g/mol. The van der Waals surface area contributed by atoms with Crippen molar-refractivity contribution in [1.29, 1.82) is 0 Å². The maximum absolute atomic E-state index is 5.01. The second-order valence-corrected chi connectivity index (χ2v) is 5.47. The molecule has 2 aromatic carbocycles. The van der Waals surface area contributed by atoms with E-state index in [9.17, 15) is 0 Å². The van der Waals surface area contributed by atoms with Gasteiger partial charge in [0.25, 0.3) is 0 Å². The molecule has 0 unspecified atom stereocenters. The molecule has 0 bridgehead atoms. The van der Waals surface area contributed by atoms with Crippen LogP contribution in [0, 0.1) is 6.92 Å². The van der Waals surface area contributed by atoms with E-state index in [1.54, 1.807) is 7.11 Å². The summed E-state index contributed by atoms with van der Waals surface area (Å²) in [5, 5.41) is 27.3. The van der Waals surface area contributed by atoms with E-state index in [4.69, 9.17) is 4.74 Å². The highest BCUT2D eigenvalue weighted by Crippen LogP contribution is 2.14. The van der Waals surface area contributed by atoms with E-state index < -0.39 is 0 Å². The first kappa shape index (κ1) is 17.4. The minimum atomic E-state index is 0.606. The van der Waals surface area contributed by atoms with Crippen molar-refractivity contribution < 1.29 is 4.74 Å². The van der Waals surface area contributed by atoms with E-state index in [-0.39, 0.29) is 0 Å². The molecular weight excluding hydrogens is 332 g/mol. The van der Waals surface area contributed by atoms with Crippen molar-refractivity contribution in [2.45, 2.75) is 13.5 Å². The summed E-state index contributed by atoms with van der Waals surface area (Å²) in [7, 11) is 1.67. The molecule has 0 aliphatic heterocycles. The first-order valence-corrected chi connectivity index (χ1v) is 7.88. The first-order valence-electron chi connectivity index (χ1n) is 7.88. The van der Waals surface area contributed by atoms with Gasteiger partial charge < -0.3 is 4.74 Å². The highest BCUT2D eigenvalue weighted by molar-refractivity contribution is 5.54. The molecule has 0 aliphatic carbocycles. The highest BCUT2D eigenvalue weighted by Gasteiger charge is 2.01. The molecule has 2 N–H and O–H groups in total. The van der Waals surface area contributed by atoms with Gasteiger partial charge in [-0.25, -0.2) is 0 Å². The van der Waals surface area contributed by atoms with Gasteiger partial charge in [-0.15, -0.1) is 20.4 Å². The van der Waals surface area contributed by atoms with Crippen molar-refractivity contribution in [1.82, 2.24) is 41.2 Å². The van der Waals surface area contributed by atoms with E-state index in [1.807, 2.05) is 55.5 Å². The minimum Gasteiger partial charge on any atom is -0.380 e. The molecular formula is C17H18N8O. The van der Waals surface area contributed by atoms with Gasteiger partial charge in [0.1, 0.15) is 0 Å². The Hall–Kier alpha value is -3.46. The van der Waals surface area contributed by atoms with E-state index in [1.165, 1.54) is 5.56 Å². The fraction of sp³-hybridized carbons (Fsp3) is 0.176. The van der Waals surface area contributed by atoms with Crippen LogP contribution in [-0.2, 0) is 11.3 Å². The Morgan fingerprint density at radius 2 is 1.27 bits per heavy atom. The summed E-state index contributed by atoms with van der Waals surface area (Å²) in [4.78, 5) is 0. The molecule has 0 aliphatic rings. The Bertz CT molecular complexity index is 887. The molecule has 9 heteroatoms. The van der Waals surface area contributed by atoms with Crippen molar-refractivity contribution in [3.63, 3.8) is 0 Å². The topological polar surface area (TPSA) is 118 Å². The summed E-state index contributed by atoms with van der Waals surface area (Å²) >= 11 is 0. The monoisotopic (exact) mass is 350 g/mol. The van der Waals surface area contributed by atoms with Crippen LogP contribution < -0.4 is 0 Å². The zero-order valence-electron chi connectivity index (χ0n) is 14.4. The lowest BCUT2D eigenvalue weighted by atomic mass is 10.1. The van der Waals surface area contributed by atoms with Crippen LogP contribution in [0.5, 0.6) is 0 Å². The van der Waals surface area contributed by atoms with Crippen molar-refractivity contribution >= 4 is 0 Å². The third-order valence-electron chi connectivity index (χ3n) is 3.52. The highest BCUT2D eigenvalue weighted by atomic mass is 16.5. The number of hydrogen-bond acceptors (Lipinski definition) is 7. The number of aromatic nitrogens is 8. The van der Waals surface area contributed by atoms with Crippen LogP contribution in [0.2, 0.25) is 0 Å². The Kier molecular flexibility index (Phi) is 5.73. The molecule has 0 saturated heterocycles. The number of ether oxygens (including phenoxy) is 1. The molecule has 132 valence electrons. The van der Waals surface area contributed by atoms with Crippen molar-refractivity contribution in [3.8, 4) is 22.8 Å². The van der Waals surface area contributed by atoms with Crippen LogP contribution in [0.3, 0.4) is 0 Å². The Balaban J connectivity index is 0.000000152. The first-order chi connectivity index (χ1) is 12.8. The van der Waals surface area contributed by atoms with Crippen molar-refractivity contribution in [3.05, 3.63) is 59.7 Å². The van der Waals surface area contributed by atoms with Crippen LogP contribution in [0.15, 0.2) is 48.5 Å². The largest absolute Gasteiger partial charge is 0.380 e. The summed E-state index contributed by atoms with van der Waals surface area (Å²) in [6.07, 6.45) is 0. The number of H-pyrrole nitrogens is 2. The smallest absolute Gasteiger partial charge is 0.204 e. The minimum absolute atomic E-state index is 0.606. The second kappa shape index (κ2) is 8.58. The number of tetrazole rings is 2. The number of hydrogen-bond donors (Lipinski definition) is 2. The standard InChI is InChI=1S/C9H10N4O.C8H8N4/c1-14-6-7-2-4-8(5-3-7)9-10-12-13-11-9;1-6-2-4-7(5-3-6)8-9-11-12-10-8/h2-5H,6H2,1H3,(H,10,11,12,13);2-5H,1H3,(H,9,10,11,12). The predicted molar refractivity (Wildman–Crippen MR) is 94.7 cm³/mol. The van der Waals surface area contributed by atoms with Gasteiger partial charge in [0.15, 0.2) is 0 Å². The second-order valence-electron chi connectivity index (χ2n) is 5.47. The number of nitrogens with one attached hydrogen (secondary N) is 2. The van der Waals surface area contributed by atoms with Crippen molar-refractivity contribution in [2.24, 2.45) is 0 Å². The molecule has 26 heavy (non-hydrogen) atoms. The van der Waals surface area contributed by atoms with Crippen LogP contribution in [0.4, 0.5) is 0 Å². The third kappa shape index (κ3) is 4.54. The van der Waals surface area contributed by atoms with Crippen LogP contribution in [0.25, 0.3) is 22.8 Å². The summed E-state index contributed by atoms with van der Waals surface area (Å²) in [6, 6.07) is 15.8. The van der Waals surface area contributed by atoms with E-state index in [2.05, 4.69) is 41.2 Å². The number of benzene rings is 2. The third-order valence-corrected chi connectivity index (χ3v) is 3.52. The SMILES string of the molecule is COCc1ccc(-c2nn[nH]n2)cc1.Cc1ccc(-c2nn[nH]n2)cc1. The molecule has 2 aromatic heterocycles. The van der Waals surface area contributed by atoms with Crippen LogP contribution >= 0.6 is 0 Å². The molecule has 0 amide bonds. The molecule has 0 spiro atoms. The fourth-order valence-corrected chi connectivity index (χ4v) is 2.19. The maximum Gasteiger partial charge on any atom is 0.204 e. The zero-order chi connectivity index (χ0) is 18.2. The summed E-state index contributed by atoms with van der Waals surface area (Å²) in [6.45, 7) is 2.66. The predicted octanol–water partition coefficient (Wildman–Crippen LogP) is 2.19. The summed E-state index contributed by atoms with van der Waals surface area (Å²) in [5.41, 5.74) is 4.27. The van der Waals surface area contributed by atoms with E-state index in [0.717, 1.165) is 16.7 Å². The molecule has 9 nitrogen and oxygen atoms in total. The number of aryl methyl sites for hydroxylation is 1. The lowest BCUT2D eigenvalue weighted by molar-refractivity contribution is 0.185. The molecule has 0 saturated carbocycles. The number of methoxy groups -OCH3 is 1. The van der Waals surface area contributed by atoms with Gasteiger partial charge in [-0.3, -0.25) is 0 Å². The Morgan fingerprint density at radius 3 is 1.69 bits per heavy atom. The van der Waals surface area contributed by atoms with Crippen LogP contribution in [-0.4, -0.2) is 48.4 Å². The van der Waals surface area contributed by atoms with Crippen molar-refractivity contribution in [2.75, 3.05) is 7.11 Å². The van der Waals surface area contributed by atoms with Gasteiger partial charge in [0, 0.05) is 18.2 Å². The molecule has 4 rings (SSSR count). The normalized spacial score (nSPS) is 10.2.